The maximum Gasteiger partial charge on any atom is 0.233 e. The van der Waals surface area contributed by atoms with E-state index in [4.69, 9.17) is 19.2 Å². The van der Waals surface area contributed by atoms with E-state index in [1.165, 1.54) is 0 Å². The first-order valence-electron chi connectivity index (χ1n) is 9.02. The summed E-state index contributed by atoms with van der Waals surface area (Å²) in [5.74, 6) is 2.96. The van der Waals surface area contributed by atoms with Gasteiger partial charge in [0, 0.05) is 23.9 Å². The summed E-state index contributed by atoms with van der Waals surface area (Å²) in [6.45, 7) is 0.645. The van der Waals surface area contributed by atoms with Crippen LogP contribution in [-0.4, -0.2) is 49.6 Å². The number of amidine groups is 1. The Labute approximate surface area is 169 Å². The standard InChI is InChI=1S/C21H24N2O4S/c1-25-16-9-10-19(27-3)17(14-16)22-21-23(11-6-12-28-21)20(24)13-15-7-4-5-8-18(15)26-2/h4-5,7-10,14H,6,11-13H2,1-3H3. The molecule has 28 heavy (non-hydrogen) atoms. The van der Waals surface area contributed by atoms with Gasteiger partial charge in [0.2, 0.25) is 5.91 Å². The topological polar surface area (TPSA) is 60.4 Å². The van der Waals surface area contributed by atoms with Crippen molar-refractivity contribution in [2.75, 3.05) is 33.6 Å². The first-order valence-corrected chi connectivity index (χ1v) is 10.0. The molecule has 1 aliphatic rings. The van der Waals surface area contributed by atoms with Crippen molar-refractivity contribution in [3.8, 4) is 17.2 Å². The van der Waals surface area contributed by atoms with E-state index in [0.717, 1.165) is 17.7 Å². The number of rotatable bonds is 6. The molecule has 0 bridgehead atoms. The number of ether oxygens (including phenoxy) is 3. The molecule has 1 saturated heterocycles. The first-order chi connectivity index (χ1) is 13.7. The molecule has 0 unspecified atom stereocenters. The van der Waals surface area contributed by atoms with E-state index >= 15 is 0 Å². The Morgan fingerprint density at radius 1 is 1.07 bits per heavy atom. The van der Waals surface area contributed by atoms with Crippen LogP contribution in [0.1, 0.15) is 12.0 Å². The van der Waals surface area contributed by atoms with Crippen molar-refractivity contribution in [3.63, 3.8) is 0 Å². The van der Waals surface area contributed by atoms with E-state index < -0.39 is 0 Å². The minimum absolute atomic E-state index is 0.00249. The highest BCUT2D eigenvalue weighted by Crippen LogP contribution is 2.34. The molecule has 0 atom stereocenters. The summed E-state index contributed by atoms with van der Waals surface area (Å²) in [4.78, 5) is 19.5. The average molecular weight is 401 g/mol. The number of amides is 1. The SMILES string of the molecule is COc1ccc(OC)c(N=C2SCCCN2C(=O)Cc2ccccc2OC)c1. The number of nitrogens with zero attached hydrogens (tertiary/aromatic N) is 2. The van der Waals surface area contributed by atoms with E-state index in [1.54, 1.807) is 38.0 Å². The van der Waals surface area contributed by atoms with E-state index in [2.05, 4.69) is 0 Å². The van der Waals surface area contributed by atoms with Gasteiger partial charge in [-0.1, -0.05) is 30.0 Å². The lowest BCUT2D eigenvalue weighted by Crippen LogP contribution is -2.40. The molecule has 2 aromatic rings. The van der Waals surface area contributed by atoms with Crippen LogP contribution >= 0.6 is 11.8 Å². The fourth-order valence-electron chi connectivity index (χ4n) is 2.98. The van der Waals surface area contributed by atoms with Gasteiger partial charge in [0.15, 0.2) is 5.17 Å². The third-order valence-electron chi connectivity index (χ3n) is 4.43. The van der Waals surface area contributed by atoms with E-state index in [1.807, 2.05) is 42.5 Å². The van der Waals surface area contributed by atoms with Gasteiger partial charge in [-0.25, -0.2) is 4.99 Å². The number of hydrogen-bond acceptors (Lipinski definition) is 6. The molecular formula is C21H24N2O4S. The molecule has 0 N–H and O–H groups in total. The average Bonchev–Trinajstić information content (AvgIpc) is 2.74. The number of carbonyl (C=O) groups is 1. The summed E-state index contributed by atoms with van der Waals surface area (Å²) in [5.41, 5.74) is 1.50. The molecule has 0 saturated carbocycles. The lowest BCUT2D eigenvalue weighted by atomic mass is 10.1. The summed E-state index contributed by atoms with van der Waals surface area (Å²) in [6, 6.07) is 13.0. The molecule has 1 amide bonds. The minimum atomic E-state index is -0.00249. The highest BCUT2D eigenvalue weighted by molar-refractivity contribution is 8.13. The Kier molecular flexibility index (Phi) is 6.81. The maximum atomic E-state index is 13.0. The van der Waals surface area contributed by atoms with Gasteiger partial charge in [0.05, 0.1) is 27.8 Å². The van der Waals surface area contributed by atoms with Gasteiger partial charge in [-0.15, -0.1) is 0 Å². The Hall–Kier alpha value is -2.67. The van der Waals surface area contributed by atoms with E-state index in [9.17, 15) is 4.79 Å². The van der Waals surface area contributed by atoms with Crippen LogP contribution in [0.4, 0.5) is 5.69 Å². The monoisotopic (exact) mass is 400 g/mol. The van der Waals surface area contributed by atoms with E-state index in [0.29, 0.717) is 34.6 Å². The molecule has 1 heterocycles. The highest BCUT2D eigenvalue weighted by atomic mass is 32.2. The molecule has 0 spiro atoms. The van der Waals surface area contributed by atoms with Crippen molar-refractivity contribution in [2.45, 2.75) is 12.8 Å². The number of methoxy groups -OCH3 is 3. The zero-order valence-corrected chi connectivity index (χ0v) is 17.1. The predicted octanol–water partition coefficient (Wildman–Crippen LogP) is 3.91. The Morgan fingerprint density at radius 3 is 2.61 bits per heavy atom. The summed E-state index contributed by atoms with van der Waals surface area (Å²) in [5, 5.41) is 0.678. The van der Waals surface area contributed by atoms with Crippen LogP contribution < -0.4 is 14.2 Å². The zero-order chi connectivity index (χ0) is 19.9. The van der Waals surface area contributed by atoms with Gasteiger partial charge >= 0.3 is 0 Å². The molecule has 1 aliphatic heterocycles. The smallest absolute Gasteiger partial charge is 0.233 e. The molecular weight excluding hydrogens is 376 g/mol. The molecule has 0 radical (unpaired) electrons. The summed E-state index contributed by atoms with van der Waals surface area (Å²) in [6.07, 6.45) is 1.19. The fraction of sp³-hybridized carbons (Fsp3) is 0.333. The van der Waals surface area contributed by atoms with Gasteiger partial charge in [-0.3, -0.25) is 9.69 Å². The van der Waals surface area contributed by atoms with Crippen LogP contribution in [0.5, 0.6) is 17.2 Å². The van der Waals surface area contributed by atoms with Gasteiger partial charge in [-0.2, -0.15) is 0 Å². The number of para-hydroxylation sites is 1. The van der Waals surface area contributed by atoms with E-state index in [-0.39, 0.29) is 12.3 Å². The number of aliphatic imine (C=N–C) groups is 1. The molecule has 6 nitrogen and oxygen atoms in total. The second-order valence-electron chi connectivity index (χ2n) is 6.17. The maximum absolute atomic E-state index is 13.0. The quantitative estimate of drug-likeness (QED) is 0.736. The van der Waals surface area contributed by atoms with Gasteiger partial charge in [0.1, 0.15) is 22.9 Å². The summed E-state index contributed by atoms with van der Waals surface area (Å²) in [7, 11) is 4.82. The van der Waals surface area contributed by atoms with Crippen LogP contribution in [0.25, 0.3) is 0 Å². The first kappa shape index (κ1) is 20.1. The van der Waals surface area contributed by atoms with Crippen LogP contribution in [0.3, 0.4) is 0 Å². The minimum Gasteiger partial charge on any atom is -0.497 e. The number of carbonyl (C=O) groups excluding carboxylic acids is 1. The Bertz CT molecular complexity index is 869. The molecule has 0 aromatic heterocycles. The van der Waals surface area contributed by atoms with Crippen molar-refractivity contribution in [3.05, 3.63) is 48.0 Å². The van der Waals surface area contributed by atoms with Crippen molar-refractivity contribution in [2.24, 2.45) is 4.99 Å². The number of hydrogen-bond donors (Lipinski definition) is 0. The van der Waals surface area contributed by atoms with Gasteiger partial charge in [0.25, 0.3) is 0 Å². The third-order valence-corrected chi connectivity index (χ3v) is 5.49. The van der Waals surface area contributed by atoms with Crippen molar-refractivity contribution in [1.29, 1.82) is 0 Å². The Balaban J connectivity index is 1.88. The van der Waals surface area contributed by atoms with Crippen molar-refractivity contribution in [1.82, 2.24) is 4.90 Å². The number of thioether (sulfide) groups is 1. The second-order valence-corrected chi connectivity index (χ2v) is 7.23. The lowest BCUT2D eigenvalue weighted by molar-refractivity contribution is -0.126. The molecule has 148 valence electrons. The second kappa shape index (κ2) is 9.50. The predicted molar refractivity (Wildman–Crippen MR) is 112 cm³/mol. The van der Waals surface area contributed by atoms with Crippen LogP contribution in [-0.2, 0) is 11.2 Å². The third kappa shape index (κ3) is 4.59. The lowest BCUT2D eigenvalue weighted by Gasteiger charge is -2.28. The highest BCUT2D eigenvalue weighted by Gasteiger charge is 2.25. The van der Waals surface area contributed by atoms with Gasteiger partial charge in [-0.05, 0) is 24.6 Å². The van der Waals surface area contributed by atoms with Crippen LogP contribution in [0, 0.1) is 0 Å². The van der Waals surface area contributed by atoms with Crippen molar-refractivity contribution >= 4 is 28.5 Å². The zero-order valence-electron chi connectivity index (χ0n) is 16.3. The van der Waals surface area contributed by atoms with Crippen LogP contribution in [0.2, 0.25) is 0 Å². The molecule has 1 fully saturated rings. The molecule has 0 aliphatic carbocycles. The largest absolute Gasteiger partial charge is 0.497 e. The molecule has 2 aromatic carbocycles. The number of benzene rings is 2. The molecule has 3 rings (SSSR count). The van der Waals surface area contributed by atoms with Crippen molar-refractivity contribution < 1.29 is 19.0 Å². The molecule has 7 heteroatoms. The summed E-state index contributed by atoms with van der Waals surface area (Å²) < 4.78 is 16.1. The fourth-order valence-corrected chi connectivity index (χ4v) is 3.95. The normalized spacial score (nSPS) is 15.4. The van der Waals surface area contributed by atoms with Crippen LogP contribution in [0.15, 0.2) is 47.5 Å². The Morgan fingerprint density at radius 2 is 1.86 bits per heavy atom. The van der Waals surface area contributed by atoms with Gasteiger partial charge < -0.3 is 14.2 Å². The summed E-state index contributed by atoms with van der Waals surface area (Å²) >= 11 is 1.58.